The lowest BCUT2D eigenvalue weighted by Gasteiger charge is -2.18. The van der Waals surface area contributed by atoms with E-state index in [0.717, 1.165) is 12.3 Å². The average Bonchev–Trinajstić information content (AvgIpc) is 2.78. The Morgan fingerprint density at radius 3 is 2.27 bits per heavy atom. The van der Waals surface area contributed by atoms with Gasteiger partial charge in [-0.3, -0.25) is 0 Å². The van der Waals surface area contributed by atoms with Crippen LogP contribution in [0.2, 0.25) is 0 Å². The van der Waals surface area contributed by atoms with Crippen molar-refractivity contribution in [1.29, 1.82) is 0 Å². The molecule has 4 aromatic carbocycles. The van der Waals surface area contributed by atoms with Gasteiger partial charge in [0.05, 0.1) is 0 Å². The summed E-state index contributed by atoms with van der Waals surface area (Å²) in [5.41, 5.74) is 4.94. The van der Waals surface area contributed by atoms with Crippen LogP contribution in [0, 0.1) is 6.92 Å². The quantitative estimate of drug-likeness (QED) is 0.349. The van der Waals surface area contributed by atoms with Crippen molar-refractivity contribution in [2.24, 2.45) is 0 Å². The zero-order valence-electron chi connectivity index (χ0n) is 17.5. The maximum atomic E-state index is 6.27. The first-order valence-electron chi connectivity index (χ1n) is 10.2. The molecule has 4 aromatic rings. The molecule has 0 aromatic heterocycles. The first kappa shape index (κ1) is 21.9. The summed E-state index contributed by atoms with van der Waals surface area (Å²) in [4.78, 5) is 0. The minimum absolute atomic E-state index is 0. The maximum absolute atomic E-state index is 6.27. The molecule has 1 N–H and O–H groups in total. The lowest BCUT2D eigenvalue weighted by atomic mass is 10.0. The van der Waals surface area contributed by atoms with Crippen LogP contribution in [0.3, 0.4) is 0 Å². The van der Waals surface area contributed by atoms with E-state index in [4.69, 9.17) is 4.74 Å². The van der Waals surface area contributed by atoms with Crippen molar-refractivity contribution in [2.75, 3.05) is 0 Å². The van der Waals surface area contributed by atoms with E-state index in [1.807, 2.05) is 0 Å². The molecule has 0 fully saturated rings. The van der Waals surface area contributed by atoms with Crippen LogP contribution in [0.15, 0.2) is 91.0 Å². The molecular weight excluding hydrogens is 390 g/mol. The smallest absolute Gasteiger partial charge is 0.124 e. The second-order valence-corrected chi connectivity index (χ2v) is 7.55. The molecule has 1 unspecified atom stereocenters. The van der Waals surface area contributed by atoms with Crippen LogP contribution in [0.4, 0.5) is 0 Å². The summed E-state index contributed by atoms with van der Waals surface area (Å²) < 4.78 is 6.27. The highest BCUT2D eigenvalue weighted by Crippen LogP contribution is 2.29. The number of hydrogen-bond donors (Lipinski definition) is 1. The summed E-state index contributed by atoms with van der Waals surface area (Å²) in [6.07, 6.45) is 0. The summed E-state index contributed by atoms with van der Waals surface area (Å²) in [6, 6.07) is 32.1. The Morgan fingerprint density at radius 2 is 1.50 bits per heavy atom. The Bertz CT molecular complexity index is 1080. The topological polar surface area (TPSA) is 21.3 Å². The van der Waals surface area contributed by atoms with Crippen molar-refractivity contribution in [3.05, 3.63) is 113 Å². The van der Waals surface area contributed by atoms with Crippen molar-refractivity contribution in [3.8, 4) is 5.75 Å². The van der Waals surface area contributed by atoms with Crippen LogP contribution in [-0.2, 0) is 13.2 Å². The Kier molecular flexibility index (Phi) is 7.51. The fourth-order valence-electron chi connectivity index (χ4n) is 3.59. The van der Waals surface area contributed by atoms with Crippen molar-refractivity contribution in [2.45, 2.75) is 33.0 Å². The number of fused-ring (bicyclic) bond motifs is 1. The number of hydrogen-bond acceptors (Lipinski definition) is 2. The second-order valence-electron chi connectivity index (χ2n) is 7.55. The van der Waals surface area contributed by atoms with Gasteiger partial charge in [0.25, 0.3) is 0 Å². The minimum Gasteiger partial charge on any atom is -0.489 e. The molecule has 0 saturated heterocycles. The van der Waals surface area contributed by atoms with Gasteiger partial charge in [0, 0.05) is 18.2 Å². The Morgan fingerprint density at radius 1 is 0.800 bits per heavy atom. The summed E-state index contributed by atoms with van der Waals surface area (Å²) in [5.74, 6) is 0.942. The van der Waals surface area contributed by atoms with E-state index in [9.17, 15) is 0 Å². The van der Waals surface area contributed by atoms with Crippen LogP contribution < -0.4 is 10.1 Å². The van der Waals surface area contributed by atoms with E-state index in [2.05, 4.69) is 110 Å². The van der Waals surface area contributed by atoms with E-state index in [-0.39, 0.29) is 18.4 Å². The van der Waals surface area contributed by atoms with Gasteiger partial charge in [-0.2, -0.15) is 0 Å². The molecule has 2 nitrogen and oxygen atoms in total. The van der Waals surface area contributed by atoms with Crippen LogP contribution in [-0.4, -0.2) is 0 Å². The molecule has 4 rings (SSSR count). The van der Waals surface area contributed by atoms with Crippen molar-refractivity contribution in [1.82, 2.24) is 5.32 Å². The molecule has 0 spiro atoms. The van der Waals surface area contributed by atoms with Gasteiger partial charge in [0.2, 0.25) is 0 Å². The van der Waals surface area contributed by atoms with E-state index in [0.29, 0.717) is 6.61 Å². The van der Waals surface area contributed by atoms with E-state index >= 15 is 0 Å². The second kappa shape index (κ2) is 10.3. The molecule has 0 aliphatic carbocycles. The summed E-state index contributed by atoms with van der Waals surface area (Å²) in [5, 5.41) is 6.15. The number of nitrogens with one attached hydrogen (secondary N) is 1. The first-order chi connectivity index (χ1) is 14.2. The average molecular weight is 418 g/mol. The molecule has 154 valence electrons. The van der Waals surface area contributed by atoms with Gasteiger partial charge < -0.3 is 10.1 Å². The summed E-state index contributed by atoms with van der Waals surface area (Å²) in [7, 11) is 0. The monoisotopic (exact) mass is 417 g/mol. The predicted octanol–water partition coefficient (Wildman–Crippen LogP) is 7.00. The lowest BCUT2D eigenvalue weighted by molar-refractivity contribution is 0.302. The molecule has 30 heavy (non-hydrogen) atoms. The zero-order chi connectivity index (χ0) is 20.1. The third-order valence-corrected chi connectivity index (χ3v) is 5.40. The Hall–Kier alpha value is -2.81. The lowest BCUT2D eigenvalue weighted by Crippen LogP contribution is -2.18. The molecule has 0 radical (unpaired) electrons. The molecule has 0 heterocycles. The SMILES string of the molecule is Cc1ccc(COc2ccc3ccccc3c2CNC(C)c2ccccc2)cc1.Cl. The van der Waals surface area contributed by atoms with Crippen molar-refractivity contribution >= 4 is 23.2 Å². The number of ether oxygens (including phenoxy) is 1. The number of rotatable bonds is 7. The molecule has 0 saturated carbocycles. The number of halogens is 1. The standard InChI is InChI=1S/C27H27NO.ClH/c1-20-12-14-22(15-13-20)19-29-27-17-16-24-10-6-7-11-25(24)26(27)18-28-21(2)23-8-4-3-5-9-23;/h3-17,21,28H,18-19H2,1-2H3;1H. The normalized spacial score (nSPS) is 11.7. The summed E-state index contributed by atoms with van der Waals surface area (Å²) in [6.45, 7) is 5.62. The predicted molar refractivity (Wildman–Crippen MR) is 128 cm³/mol. The molecule has 1 atom stereocenters. The number of benzene rings is 4. The maximum Gasteiger partial charge on any atom is 0.124 e. The first-order valence-corrected chi connectivity index (χ1v) is 10.2. The highest BCUT2D eigenvalue weighted by Gasteiger charge is 2.12. The van der Waals surface area contributed by atoms with Crippen LogP contribution in [0.1, 0.15) is 35.2 Å². The van der Waals surface area contributed by atoms with E-state index in [1.54, 1.807) is 0 Å². The third kappa shape index (κ3) is 5.21. The molecule has 0 aliphatic rings. The Balaban J connectivity index is 0.00000256. The fourth-order valence-corrected chi connectivity index (χ4v) is 3.59. The fraction of sp³-hybridized carbons (Fsp3) is 0.185. The molecule has 3 heteroatoms. The van der Waals surface area contributed by atoms with Crippen LogP contribution >= 0.6 is 12.4 Å². The highest BCUT2D eigenvalue weighted by molar-refractivity contribution is 5.87. The summed E-state index contributed by atoms with van der Waals surface area (Å²) >= 11 is 0. The number of aryl methyl sites for hydroxylation is 1. The Labute approximate surface area is 185 Å². The third-order valence-electron chi connectivity index (χ3n) is 5.40. The van der Waals surface area contributed by atoms with Gasteiger partial charge in [-0.25, -0.2) is 0 Å². The molecule has 0 bridgehead atoms. The van der Waals surface area contributed by atoms with Gasteiger partial charge in [-0.05, 0) is 41.8 Å². The van der Waals surface area contributed by atoms with Gasteiger partial charge >= 0.3 is 0 Å². The van der Waals surface area contributed by atoms with E-state index in [1.165, 1.54) is 33.0 Å². The zero-order valence-corrected chi connectivity index (χ0v) is 18.3. The largest absolute Gasteiger partial charge is 0.489 e. The van der Waals surface area contributed by atoms with Crippen LogP contribution in [0.25, 0.3) is 10.8 Å². The minimum atomic E-state index is 0. The van der Waals surface area contributed by atoms with Gasteiger partial charge in [-0.1, -0.05) is 90.5 Å². The van der Waals surface area contributed by atoms with Gasteiger partial charge in [0.15, 0.2) is 0 Å². The van der Waals surface area contributed by atoms with Gasteiger partial charge in [0.1, 0.15) is 12.4 Å². The van der Waals surface area contributed by atoms with E-state index < -0.39 is 0 Å². The molecule has 0 amide bonds. The molecule has 0 aliphatic heterocycles. The molecular formula is C27H28ClNO. The van der Waals surface area contributed by atoms with Crippen molar-refractivity contribution in [3.63, 3.8) is 0 Å². The van der Waals surface area contributed by atoms with Gasteiger partial charge in [-0.15, -0.1) is 12.4 Å². The highest BCUT2D eigenvalue weighted by atomic mass is 35.5. The van der Waals surface area contributed by atoms with Crippen LogP contribution in [0.5, 0.6) is 5.75 Å². The van der Waals surface area contributed by atoms with Crippen molar-refractivity contribution < 1.29 is 4.74 Å².